The summed E-state index contributed by atoms with van der Waals surface area (Å²) in [5.41, 5.74) is 5.67. The van der Waals surface area contributed by atoms with E-state index in [1.165, 1.54) is 6.21 Å². The van der Waals surface area contributed by atoms with Gasteiger partial charge in [-0.1, -0.05) is 29.8 Å². The van der Waals surface area contributed by atoms with E-state index in [0.29, 0.717) is 27.6 Å². The van der Waals surface area contributed by atoms with Crippen molar-refractivity contribution in [3.63, 3.8) is 0 Å². The lowest BCUT2D eigenvalue weighted by atomic mass is 10.1. The number of nitrogens with one attached hydrogen (secondary N) is 1. The predicted octanol–water partition coefficient (Wildman–Crippen LogP) is 4.71. The zero-order valence-electron chi connectivity index (χ0n) is 17.1. The minimum atomic E-state index is -0.539. The molecule has 0 aliphatic carbocycles. The fourth-order valence-electron chi connectivity index (χ4n) is 2.57. The Bertz CT molecular complexity index is 1110. The molecule has 3 aromatic rings. The second-order valence-electron chi connectivity index (χ2n) is 6.77. The molecular weight excluding hydrogens is 416 g/mol. The van der Waals surface area contributed by atoms with Crippen LogP contribution < -0.4 is 14.9 Å². The van der Waals surface area contributed by atoms with Crippen molar-refractivity contribution in [3.8, 4) is 11.5 Å². The molecule has 0 fully saturated rings. The largest absolute Gasteiger partial charge is 0.484 e. The van der Waals surface area contributed by atoms with E-state index in [-0.39, 0.29) is 12.5 Å². The summed E-state index contributed by atoms with van der Waals surface area (Å²) >= 11 is 6.00. The van der Waals surface area contributed by atoms with Crippen LogP contribution in [0, 0.1) is 13.8 Å². The molecule has 0 aliphatic rings. The molecule has 3 aromatic carbocycles. The number of carbonyl (C=O) groups is 2. The van der Waals surface area contributed by atoms with Crippen LogP contribution in [0.2, 0.25) is 5.02 Å². The third-order valence-electron chi connectivity index (χ3n) is 4.44. The molecule has 1 amide bonds. The number of hydrogen-bond donors (Lipinski definition) is 1. The van der Waals surface area contributed by atoms with E-state index in [1.54, 1.807) is 48.5 Å². The van der Waals surface area contributed by atoms with Crippen LogP contribution in [0.25, 0.3) is 0 Å². The molecule has 1 N–H and O–H groups in total. The Morgan fingerprint density at radius 3 is 2.39 bits per heavy atom. The monoisotopic (exact) mass is 436 g/mol. The maximum atomic E-state index is 12.2. The smallest absolute Gasteiger partial charge is 0.345 e. The van der Waals surface area contributed by atoms with Crippen LogP contribution >= 0.6 is 11.6 Å². The fourth-order valence-corrected chi connectivity index (χ4v) is 2.79. The zero-order valence-corrected chi connectivity index (χ0v) is 17.8. The third kappa shape index (κ3) is 6.42. The van der Waals surface area contributed by atoms with Gasteiger partial charge in [0, 0.05) is 0 Å². The van der Waals surface area contributed by atoms with Gasteiger partial charge in [-0.2, -0.15) is 5.10 Å². The van der Waals surface area contributed by atoms with Crippen molar-refractivity contribution in [2.24, 2.45) is 5.10 Å². The predicted molar refractivity (Wildman–Crippen MR) is 120 cm³/mol. The summed E-state index contributed by atoms with van der Waals surface area (Å²) in [4.78, 5) is 24.1. The highest BCUT2D eigenvalue weighted by molar-refractivity contribution is 6.33. The highest BCUT2D eigenvalue weighted by atomic mass is 35.5. The SMILES string of the molecule is Cc1ccc(OCC(=O)N/N=C\c2ccc(OC(=O)c3ccccc3Cl)cc2)cc1C. The van der Waals surface area contributed by atoms with Crippen molar-refractivity contribution < 1.29 is 19.1 Å². The van der Waals surface area contributed by atoms with Gasteiger partial charge in [0.1, 0.15) is 11.5 Å². The quantitative estimate of drug-likeness (QED) is 0.252. The molecule has 7 heteroatoms. The first-order chi connectivity index (χ1) is 14.9. The van der Waals surface area contributed by atoms with Crippen LogP contribution in [0.4, 0.5) is 0 Å². The number of benzene rings is 3. The number of amides is 1. The highest BCUT2D eigenvalue weighted by Crippen LogP contribution is 2.19. The van der Waals surface area contributed by atoms with Crippen molar-refractivity contribution in [2.45, 2.75) is 13.8 Å². The van der Waals surface area contributed by atoms with E-state index >= 15 is 0 Å². The lowest BCUT2D eigenvalue weighted by Gasteiger charge is -2.07. The molecule has 0 bridgehead atoms. The Labute approximate surface area is 185 Å². The number of hydrazone groups is 1. The van der Waals surface area contributed by atoms with Gasteiger partial charge < -0.3 is 9.47 Å². The van der Waals surface area contributed by atoms with E-state index < -0.39 is 5.97 Å². The van der Waals surface area contributed by atoms with Crippen molar-refractivity contribution in [1.29, 1.82) is 0 Å². The molecule has 0 spiro atoms. The first kappa shape index (κ1) is 22.1. The average Bonchev–Trinajstić information content (AvgIpc) is 2.76. The number of hydrogen-bond acceptors (Lipinski definition) is 5. The third-order valence-corrected chi connectivity index (χ3v) is 4.77. The summed E-state index contributed by atoms with van der Waals surface area (Å²) in [5.74, 6) is 0.0832. The molecule has 158 valence electrons. The lowest BCUT2D eigenvalue weighted by molar-refractivity contribution is -0.123. The van der Waals surface area contributed by atoms with E-state index in [0.717, 1.165) is 11.1 Å². The first-order valence-electron chi connectivity index (χ1n) is 9.51. The Kier molecular flexibility index (Phi) is 7.40. The van der Waals surface area contributed by atoms with Crippen molar-refractivity contribution >= 4 is 29.7 Å². The van der Waals surface area contributed by atoms with Crippen LogP contribution in [-0.4, -0.2) is 24.7 Å². The standard InChI is InChI=1S/C24H21ClN2O4/c1-16-7-10-20(13-17(16)2)30-15-23(28)27-26-14-18-8-11-19(12-9-18)31-24(29)21-5-3-4-6-22(21)25/h3-14H,15H2,1-2H3,(H,27,28)/b26-14-. The maximum absolute atomic E-state index is 12.2. The maximum Gasteiger partial charge on any atom is 0.345 e. The van der Waals surface area contributed by atoms with Gasteiger partial charge in [-0.25, -0.2) is 10.2 Å². The number of halogens is 1. The summed E-state index contributed by atoms with van der Waals surface area (Å²) in [6.45, 7) is 3.85. The lowest BCUT2D eigenvalue weighted by Crippen LogP contribution is -2.24. The minimum absolute atomic E-state index is 0.142. The number of nitrogens with zero attached hydrogens (tertiary/aromatic N) is 1. The van der Waals surface area contributed by atoms with Crippen LogP contribution in [0.1, 0.15) is 27.0 Å². The minimum Gasteiger partial charge on any atom is -0.484 e. The normalized spacial score (nSPS) is 10.7. The number of ether oxygens (including phenoxy) is 2. The Hall–Kier alpha value is -3.64. The summed E-state index contributed by atoms with van der Waals surface area (Å²) in [6, 6.07) is 19.0. The Balaban J connectivity index is 1.47. The Morgan fingerprint density at radius 2 is 1.68 bits per heavy atom. The number of carbonyl (C=O) groups excluding carboxylic acids is 2. The molecular formula is C24H21ClN2O4. The molecule has 0 radical (unpaired) electrons. The van der Waals surface area contributed by atoms with Crippen LogP contribution in [-0.2, 0) is 4.79 Å². The summed E-state index contributed by atoms with van der Waals surface area (Å²) in [5, 5.41) is 4.23. The van der Waals surface area contributed by atoms with E-state index in [9.17, 15) is 9.59 Å². The molecule has 3 rings (SSSR count). The fraction of sp³-hybridized carbons (Fsp3) is 0.125. The zero-order chi connectivity index (χ0) is 22.2. The van der Waals surface area contributed by atoms with E-state index in [4.69, 9.17) is 21.1 Å². The van der Waals surface area contributed by atoms with Gasteiger partial charge in [0.25, 0.3) is 5.91 Å². The number of rotatable bonds is 7. The Morgan fingerprint density at radius 1 is 0.968 bits per heavy atom. The van der Waals surface area contributed by atoms with Crippen molar-refractivity contribution in [1.82, 2.24) is 5.43 Å². The van der Waals surface area contributed by atoms with Crippen LogP contribution in [0.15, 0.2) is 71.8 Å². The van der Waals surface area contributed by atoms with E-state index in [1.807, 2.05) is 32.0 Å². The molecule has 31 heavy (non-hydrogen) atoms. The molecule has 0 saturated carbocycles. The molecule has 0 heterocycles. The van der Waals surface area contributed by atoms with Crippen LogP contribution in [0.3, 0.4) is 0 Å². The second kappa shape index (κ2) is 10.4. The molecule has 0 aliphatic heterocycles. The number of aryl methyl sites for hydroxylation is 2. The van der Waals surface area contributed by atoms with Gasteiger partial charge in [0.15, 0.2) is 6.61 Å². The summed E-state index contributed by atoms with van der Waals surface area (Å²) in [7, 11) is 0. The molecule has 0 unspecified atom stereocenters. The van der Waals surface area contributed by atoms with Gasteiger partial charge in [0.05, 0.1) is 16.8 Å². The summed E-state index contributed by atoms with van der Waals surface area (Å²) < 4.78 is 10.8. The number of esters is 1. The van der Waals surface area contributed by atoms with Crippen LogP contribution in [0.5, 0.6) is 11.5 Å². The van der Waals surface area contributed by atoms with E-state index in [2.05, 4.69) is 10.5 Å². The highest BCUT2D eigenvalue weighted by Gasteiger charge is 2.12. The van der Waals surface area contributed by atoms with Gasteiger partial charge >= 0.3 is 5.97 Å². The van der Waals surface area contributed by atoms with Gasteiger partial charge in [-0.05, 0) is 79.1 Å². The molecule has 0 atom stereocenters. The molecule has 0 saturated heterocycles. The second-order valence-corrected chi connectivity index (χ2v) is 7.17. The average molecular weight is 437 g/mol. The molecule has 6 nitrogen and oxygen atoms in total. The van der Waals surface area contributed by atoms with Gasteiger partial charge in [-0.3, -0.25) is 4.79 Å². The van der Waals surface area contributed by atoms with Gasteiger partial charge in [-0.15, -0.1) is 0 Å². The van der Waals surface area contributed by atoms with Crippen molar-refractivity contribution in [2.75, 3.05) is 6.61 Å². The molecule has 0 aromatic heterocycles. The van der Waals surface area contributed by atoms with Gasteiger partial charge in [0.2, 0.25) is 0 Å². The summed E-state index contributed by atoms with van der Waals surface area (Å²) in [6.07, 6.45) is 1.48. The van der Waals surface area contributed by atoms with Crippen molar-refractivity contribution in [3.05, 3.63) is 94.0 Å². The first-order valence-corrected chi connectivity index (χ1v) is 9.89. The topological polar surface area (TPSA) is 77.0 Å².